The van der Waals surface area contributed by atoms with Gasteiger partial charge in [-0.3, -0.25) is 4.98 Å². The molecule has 1 aliphatic rings. The Morgan fingerprint density at radius 2 is 2.21 bits per heavy atom. The van der Waals surface area contributed by atoms with Crippen LogP contribution < -0.4 is 4.90 Å². The molecule has 14 heavy (non-hydrogen) atoms. The highest BCUT2D eigenvalue weighted by Gasteiger charge is 2.12. The lowest BCUT2D eigenvalue weighted by molar-refractivity contribution is -0.110. The van der Waals surface area contributed by atoms with Crippen molar-refractivity contribution in [2.75, 3.05) is 11.4 Å². The Morgan fingerprint density at radius 3 is 2.79 bits per heavy atom. The molecule has 0 amide bonds. The molecule has 3 heteroatoms. The minimum Gasteiger partial charge on any atom is -0.348 e. The van der Waals surface area contributed by atoms with Crippen molar-refractivity contribution in [3.8, 4) is 0 Å². The van der Waals surface area contributed by atoms with Crippen LogP contribution in [0.4, 0.5) is 5.69 Å². The lowest BCUT2D eigenvalue weighted by Crippen LogP contribution is -2.24. The normalized spacial score (nSPS) is 20.9. The molecule has 2 rings (SSSR count). The first kappa shape index (κ1) is 8.94. The molecule has 0 bridgehead atoms. The molecule has 0 fully saturated rings. The van der Waals surface area contributed by atoms with Crippen molar-refractivity contribution in [1.82, 2.24) is 4.98 Å². The van der Waals surface area contributed by atoms with Gasteiger partial charge in [0, 0.05) is 36.7 Å². The number of pyridine rings is 1. The van der Waals surface area contributed by atoms with Gasteiger partial charge < -0.3 is 9.69 Å². The molecule has 1 atom stereocenters. The summed E-state index contributed by atoms with van der Waals surface area (Å²) in [5.41, 5.74) is 1.13. The number of allylic oxidation sites excluding steroid dienone is 1. The number of hydrogen-bond donors (Lipinski definition) is 0. The van der Waals surface area contributed by atoms with E-state index in [1.165, 1.54) is 0 Å². The summed E-state index contributed by atoms with van der Waals surface area (Å²) in [7, 11) is 0. The first-order valence-electron chi connectivity index (χ1n) is 4.70. The summed E-state index contributed by atoms with van der Waals surface area (Å²) in [6.45, 7) is 0.893. The molecule has 3 nitrogen and oxygen atoms in total. The Kier molecular flexibility index (Phi) is 2.58. The van der Waals surface area contributed by atoms with Crippen LogP contribution in [0.3, 0.4) is 0 Å². The van der Waals surface area contributed by atoms with Gasteiger partial charge in [0.15, 0.2) is 0 Å². The van der Waals surface area contributed by atoms with E-state index in [-0.39, 0.29) is 5.92 Å². The lowest BCUT2D eigenvalue weighted by Gasteiger charge is -2.25. The zero-order valence-electron chi connectivity index (χ0n) is 7.84. The zero-order chi connectivity index (χ0) is 9.80. The van der Waals surface area contributed by atoms with Gasteiger partial charge in [-0.1, -0.05) is 6.08 Å². The summed E-state index contributed by atoms with van der Waals surface area (Å²) in [6.07, 6.45) is 9.35. The van der Waals surface area contributed by atoms with Gasteiger partial charge >= 0.3 is 0 Å². The standard InChI is InChI=1S/C11H12N2O/c14-9-10-3-7-13(8-4-10)11-1-5-12-6-2-11/h1-3,5-7,9-10H,4,8H2/t10-/m1/s1. The summed E-state index contributed by atoms with van der Waals surface area (Å²) in [4.78, 5) is 16.6. The smallest absolute Gasteiger partial charge is 0.126 e. The van der Waals surface area contributed by atoms with Gasteiger partial charge in [0.2, 0.25) is 0 Å². The first-order valence-corrected chi connectivity index (χ1v) is 4.70. The fourth-order valence-corrected chi connectivity index (χ4v) is 1.54. The number of hydrogen-bond acceptors (Lipinski definition) is 3. The van der Waals surface area contributed by atoms with E-state index in [9.17, 15) is 4.79 Å². The first-order chi connectivity index (χ1) is 6.90. The van der Waals surface area contributed by atoms with E-state index in [2.05, 4.69) is 9.88 Å². The van der Waals surface area contributed by atoms with Crippen molar-refractivity contribution in [3.63, 3.8) is 0 Å². The number of rotatable bonds is 2. The van der Waals surface area contributed by atoms with Crippen LogP contribution in [0.25, 0.3) is 0 Å². The fraction of sp³-hybridized carbons (Fsp3) is 0.273. The second-order valence-electron chi connectivity index (χ2n) is 3.33. The minimum atomic E-state index is 0.0908. The van der Waals surface area contributed by atoms with Crippen molar-refractivity contribution in [1.29, 1.82) is 0 Å². The Hall–Kier alpha value is -1.64. The van der Waals surface area contributed by atoms with Crippen molar-refractivity contribution in [2.24, 2.45) is 5.92 Å². The topological polar surface area (TPSA) is 33.2 Å². The highest BCUT2D eigenvalue weighted by atomic mass is 16.1. The average Bonchev–Trinajstić information content (AvgIpc) is 2.30. The van der Waals surface area contributed by atoms with Gasteiger partial charge in [0.25, 0.3) is 0 Å². The number of carbonyl (C=O) groups excluding carboxylic acids is 1. The molecule has 0 radical (unpaired) electrons. The number of carbonyl (C=O) groups is 1. The Labute approximate surface area is 83.1 Å². The van der Waals surface area contributed by atoms with Crippen LogP contribution in [0.2, 0.25) is 0 Å². The van der Waals surface area contributed by atoms with Crippen LogP contribution in [0.5, 0.6) is 0 Å². The van der Waals surface area contributed by atoms with E-state index < -0.39 is 0 Å². The average molecular weight is 188 g/mol. The second-order valence-corrected chi connectivity index (χ2v) is 3.33. The third kappa shape index (κ3) is 1.82. The van der Waals surface area contributed by atoms with E-state index in [4.69, 9.17) is 0 Å². The maximum atomic E-state index is 10.5. The zero-order valence-corrected chi connectivity index (χ0v) is 7.84. The number of aldehydes is 1. The summed E-state index contributed by atoms with van der Waals surface area (Å²) in [6, 6.07) is 3.93. The third-order valence-corrected chi connectivity index (χ3v) is 2.39. The molecule has 0 saturated heterocycles. The summed E-state index contributed by atoms with van der Waals surface area (Å²) >= 11 is 0. The summed E-state index contributed by atoms with van der Waals surface area (Å²) in [5, 5.41) is 0. The number of nitrogens with zero attached hydrogens (tertiary/aromatic N) is 2. The molecular weight excluding hydrogens is 176 g/mol. The summed E-state index contributed by atoms with van der Waals surface area (Å²) in [5.74, 6) is 0.0908. The predicted molar refractivity (Wildman–Crippen MR) is 54.9 cm³/mol. The van der Waals surface area contributed by atoms with Gasteiger partial charge in [0.05, 0.1) is 0 Å². The minimum absolute atomic E-state index is 0.0908. The maximum absolute atomic E-state index is 10.5. The lowest BCUT2D eigenvalue weighted by atomic mass is 10.0. The molecule has 1 aromatic heterocycles. The van der Waals surface area contributed by atoms with Gasteiger partial charge in [-0.25, -0.2) is 0 Å². The van der Waals surface area contributed by atoms with Crippen molar-refractivity contribution in [3.05, 3.63) is 36.8 Å². The Bertz CT molecular complexity index is 334. The monoisotopic (exact) mass is 188 g/mol. The highest BCUT2D eigenvalue weighted by Crippen LogP contribution is 2.19. The quantitative estimate of drug-likeness (QED) is 0.661. The number of anilines is 1. The van der Waals surface area contributed by atoms with Crippen LogP contribution in [-0.2, 0) is 4.79 Å². The SMILES string of the molecule is O=C[C@@H]1C=CN(c2ccncc2)CC1. The number of aromatic nitrogens is 1. The highest BCUT2D eigenvalue weighted by molar-refractivity contribution is 5.59. The maximum Gasteiger partial charge on any atom is 0.126 e. The van der Waals surface area contributed by atoms with Gasteiger partial charge in [0.1, 0.15) is 6.29 Å². The Morgan fingerprint density at radius 1 is 1.43 bits per heavy atom. The van der Waals surface area contributed by atoms with Gasteiger partial charge in [-0.05, 0) is 18.6 Å². The van der Waals surface area contributed by atoms with E-state index >= 15 is 0 Å². The van der Waals surface area contributed by atoms with Crippen molar-refractivity contribution >= 4 is 12.0 Å². The van der Waals surface area contributed by atoms with E-state index in [0.29, 0.717) is 0 Å². The molecule has 1 aromatic rings. The predicted octanol–water partition coefficient (Wildman–Crippen LogP) is 1.62. The van der Waals surface area contributed by atoms with Gasteiger partial charge in [-0.2, -0.15) is 0 Å². The molecule has 0 aromatic carbocycles. The fourth-order valence-electron chi connectivity index (χ4n) is 1.54. The van der Waals surface area contributed by atoms with E-state index in [1.807, 2.05) is 24.4 Å². The van der Waals surface area contributed by atoms with Crippen LogP contribution in [0.15, 0.2) is 36.8 Å². The van der Waals surface area contributed by atoms with Crippen LogP contribution in [-0.4, -0.2) is 17.8 Å². The molecule has 0 aliphatic carbocycles. The van der Waals surface area contributed by atoms with Crippen LogP contribution >= 0.6 is 0 Å². The molecular formula is C11H12N2O. The van der Waals surface area contributed by atoms with Gasteiger partial charge in [-0.15, -0.1) is 0 Å². The molecule has 2 heterocycles. The van der Waals surface area contributed by atoms with Crippen molar-refractivity contribution < 1.29 is 4.79 Å². The third-order valence-electron chi connectivity index (χ3n) is 2.39. The molecule has 0 unspecified atom stereocenters. The van der Waals surface area contributed by atoms with Crippen molar-refractivity contribution in [2.45, 2.75) is 6.42 Å². The molecule has 0 N–H and O–H groups in total. The Balaban J connectivity index is 2.12. The molecule has 0 spiro atoms. The molecule has 72 valence electrons. The summed E-state index contributed by atoms with van der Waals surface area (Å²) < 4.78 is 0. The molecule has 1 aliphatic heterocycles. The van der Waals surface area contributed by atoms with Crippen LogP contribution in [0.1, 0.15) is 6.42 Å². The molecule has 0 saturated carbocycles. The second kappa shape index (κ2) is 4.05. The van der Waals surface area contributed by atoms with E-state index in [1.54, 1.807) is 12.4 Å². The van der Waals surface area contributed by atoms with E-state index in [0.717, 1.165) is 24.9 Å². The largest absolute Gasteiger partial charge is 0.348 e. The van der Waals surface area contributed by atoms with Crippen LogP contribution in [0, 0.1) is 5.92 Å².